The Morgan fingerprint density at radius 3 is 1.86 bits per heavy atom. The van der Waals surface area contributed by atoms with Crippen LogP contribution in [0, 0.1) is 5.41 Å². The molecule has 0 aromatic carbocycles. The molecule has 0 saturated heterocycles. The molecule has 0 spiro atoms. The summed E-state index contributed by atoms with van der Waals surface area (Å²) in [6, 6.07) is 0. The van der Waals surface area contributed by atoms with Gasteiger partial charge in [-0.1, -0.05) is 0 Å². The second-order valence-electron chi connectivity index (χ2n) is 5.91. The molecule has 1 saturated carbocycles. The Balaban J connectivity index is 2.71. The van der Waals surface area contributed by atoms with Gasteiger partial charge in [-0.25, -0.2) is 0 Å². The van der Waals surface area contributed by atoms with Crippen molar-refractivity contribution in [3.05, 3.63) is 0 Å². The van der Waals surface area contributed by atoms with Gasteiger partial charge in [-0.05, 0) is 0 Å². The molecule has 2 heteroatoms. The van der Waals surface area contributed by atoms with E-state index in [1.54, 1.807) is 0 Å². The van der Waals surface area contributed by atoms with Crippen molar-refractivity contribution in [2.75, 3.05) is 0 Å². The van der Waals surface area contributed by atoms with Crippen LogP contribution in [0.1, 0.15) is 53.4 Å². The van der Waals surface area contributed by atoms with Gasteiger partial charge in [0, 0.05) is 0 Å². The van der Waals surface area contributed by atoms with Crippen LogP contribution in [-0.2, 0) is 0 Å². The number of hydrogen-bond donors (Lipinski definition) is 1. The third-order valence-electron chi connectivity index (χ3n) is 4.06. The molecule has 1 N–H and O–H groups in total. The van der Waals surface area contributed by atoms with Crippen molar-refractivity contribution in [1.82, 2.24) is 0 Å². The van der Waals surface area contributed by atoms with Gasteiger partial charge in [0.25, 0.3) is 0 Å². The molecule has 0 heterocycles. The predicted octanol–water partition coefficient (Wildman–Crippen LogP) is 3.27. The Labute approximate surface area is 94.8 Å². The Morgan fingerprint density at radius 1 is 1.07 bits per heavy atom. The van der Waals surface area contributed by atoms with Crippen molar-refractivity contribution in [2.45, 2.75) is 69.1 Å². The Hall–Kier alpha value is 0.479. The van der Waals surface area contributed by atoms with Gasteiger partial charge < -0.3 is 0 Å². The van der Waals surface area contributed by atoms with E-state index in [9.17, 15) is 5.11 Å². The van der Waals surface area contributed by atoms with Gasteiger partial charge in [0.15, 0.2) is 0 Å². The summed E-state index contributed by atoms with van der Waals surface area (Å²) in [5.41, 5.74) is 0.0559. The zero-order valence-corrected chi connectivity index (χ0v) is 11.9. The fourth-order valence-corrected chi connectivity index (χ4v) is 3.36. The van der Waals surface area contributed by atoms with Gasteiger partial charge in [-0.3, -0.25) is 0 Å². The van der Waals surface area contributed by atoms with Crippen molar-refractivity contribution in [2.24, 2.45) is 5.41 Å². The summed E-state index contributed by atoms with van der Waals surface area (Å²) in [5.74, 6) is 2.24. The van der Waals surface area contributed by atoms with Gasteiger partial charge in [0.2, 0.25) is 0 Å². The van der Waals surface area contributed by atoms with Crippen LogP contribution in [0.4, 0.5) is 0 Å². The van der Waals surface area contributed by atoms with Crippen molar-refractivity contribution in [3.8, 4) is 0 Å². The van der Waals surface area contributed by atoms with E-state index in [0.29, 0.717) is 20.4 Å². The molecule has 0 radical (unpaired) electrons. The average Bonchev–Trinajstić information content (AvgIpc) is 2.10. The summed E-state index contributed by atoms with van der Waals surface area (Å²) in [6.45, 7) is 9.09. The van der Waals surface area contributed by atoms with Crippen molar-refractivity contribution in [3.63, 3.8) is 0 Å². The fourth-order valence-electron chi connectivity index (χ4n) is 2.13. The Kier molecular flexibility index (Phi) is 3.41. The van der Waals surface area contributed by atoms with Gasteiger partial charge in [-0.2, -0.15) is 0 Å². The number of aliphatic hydroxyl groups is 1. The van der Waals surface area contributed by atoms with Crippen LogP contribution in [0.5, 0.6) is 0 Å². The summed E-state index contributed by atoms with van der Waals surface area (Å²) in [7, 11) is 0. The van der Waals surface area contributed by atoms with Crippen LogP contribution in [0.3, 0.4) is 0 Å². The van der Waals surface area contributed by atoms with Crippen molar-refractivity contribution in [1.29, 1.82) is 0 Å². The second-order valence-corrected chi connectivity index (χ2v) is 8.91. The molecule has 14 heavy (non-hydrogen) atoms. The van der Waals surface area contributed by atoms with E-state index >= 15 is 0 Å². The van der Waals surface area contributed by atoms with E-state index in [-0.39, 0.29) is 4.31 Å². The molecule has 0 unspecified atom stereocenters. The quantitative estimate of drug-likeness (QED) is 0.758. The first kappa shape index (κ1) is 12.5. The monoisotopic (exact) mass is 264 g/mol. The molecule has 0 amide bonds. The molecular weight excluding hydrogens is 239 g/mol. The number of rotatable bonds is 2. The number of hydrogen-bond acceptors (Lipinski definition) is 1. The topological polar surface area (TPSA) is 20.2 Å². The van der Waals surface area contributed by atoms with E-state index in [1.807, 2.05) is 0 Å². The van der Waals surface area contributed by atoms with Gasteiger partial charge in [-0.15, -0.1) is 0 Å². The maximum absolute atomic E-state index is 10.6. The molecule has 0 aliphatic heterocycles. The first-order valence-electron chi connectivity index (χ1n) is 5.50. The third-order valence-corrected chi connectivity index (χ3v) is 7.00. The average molecular weight is 263 g/mol. The summed E-state index contributed by atoms with van der Waals surface area (Å²) < 4.78 is 0.135. The van der Waals surface area contributed by atoms with E-state index in [4.69, 9.17) is 0 Å². The SMILES string of the molecule is C[Se]C(C)(C)C1(O)CCC(C)(C)CC1. The molecule has 1 aliphatic rings. The first-order valence-corrected chi connectivity index (χ1v) is 8.07. The summed E-state index contributed by atoms with van der Waals surface area (Å²) >= 11 is 0.517. The normalized spacial score (nSPS) is 26.1. The van der Waals surface area contributed by atoms with Crippen LogP contribution < -0.4 is 0 Å². The molecule has 0 atom stereocenters. The minimum atomic E-state index is -0.392. The molecule has 0 aromatic heterocycles. The van der Waals surface area contributed by atoms with Gasteiger partial charge in [0.05, 0.1) is 0 Å². The Bertz CT molecular complexity index is 198. The molecule has 1 aliphatic carbocycles. The molecule has 84 valence electrons. The van der Waals surface area contributed by atoms with Crippen molar-refractivity contribution >= 4 is 15.0 Å². The molecule has 0 bridgehead atoms. The minimum absolute atomic E-state index is 0.135. The van der Waals surface area contributed by atoms with Crippen LogP contribution >= 0.6 is 0 Å². The molecule has 1 nitrogen and oxygen atoms in total. The van der Waals surface area contributed by atoms with E-state index < -0.39 is 5.60 Å². The first-order chi connectivity index (χ1) is 6.22. The maximum atomic E-state index is 10.6. The van der Waals surface area contributed by atoms with Crippen molar-refractivity contribution < 1.29 is 5.11 Å². The van der Waals surface area contributed by atoms with Gasteiger partial charge in [0.1, 0.15) is 0 Å². The van der Waals surface area contributed by atoms with E-state index in [2.05, 4.69) is 33.5 Å². The van der Waals surface area contributed by atoms with Crippen LogP contribution in [0.15, 0.2) is 0 Å². The van der Waals surface area contributed by atoms with Crippen LogP contribution in [-0.4, -0.2) is 25.7 Å². The Morgan fingerprint density at radius 2 is 1.50 bits per heavy atom. The summed E-state index contributed by atoms with van der Waals surface area (Å²) in [4.78, 5) is 0. The molecular formula is C12H24OSe. The van der Waals surface area contributed by atoms with Crippen LogP contribution in [0.25, 0.3) is 0 Å². The van der Waals surface area contributed by atoms with Gasteiger partial charge >= 0.3 is 94.6 Å². The molecule has 0 aromatic rings. The van der Waals surface area contributed by atoms with E-state index in [1.165, 1.54) is 12.8 Å². The standard InChI is InChI=1S/C12H24OSe/c1-10(2)6-8-12(13,9-7-10)11(3,4)14-5/h13H,6-9H2,1-5H3. The summed E-state index contributed by atoms with van der Waals surface area (Å²) in [5, 5.41) is 10.6. The van der Waals surface area contributed by atoms with Crippen LogP contribution in [0.2, 0.25) is 10.1 Å². The molecule has 1 rings (SSSR count). The fraction of sp³-hybridized carbons (Fsp3) is 1.00. The molecule has 1 fully saturated rings. The summed E-state index contributed by atoms with van der Waals surface area (Å²) in [6.07, 6.45) is 4.32. The third kappa shape index (κ3) is 2.35. The second kappa shape index (κ2) is 3.81. The van der Waals surface area contributed by atoms with E-state index in [0.717, 1.165) is 12.8 Å². The zero-order valence-electron chi connectivity index (χ0n) is 10.2. The predicted molar refractivity (Wildman–Crippen MR) is 62.9 cm³/mol. The zero-order chi connectivity index (χ0) is 11.0.